The molecule has 1 rings (SSSR count). The first kappa shape index (κ1) is 14.5. The molecule has 0 saturated carbocycles. The van der Waals surface area contributed by atoms with Gasteiger partial charge in [0.15, 0.2) is 0 Å². The molecular weight excluding hydrogens is 186 g/mol. The van der Waals surface area contributed by atoms with Gasteiger partial charge in [0.1, 0.15) is 0 Å². The second kappa shape index (κ2) is 7.59. The van der Waals surface area contributed by atoms with Gasteiger partial charge >= 0.3 is 103 Å². The van der Waals surface area contributed by atoms with Gasteiger partial charge in [-0.25, -0.2) is 4.98 Å². The number of aromatic amines is 1. The van der Waals surface area contributed by atoms with Crippen LogP contribution in [0.4, 0.5) is 0 Å². The van der Waals surface area contributed by atoms with Gasteiger partial charge in [0, 0.05) is 0 Å². The van der Waals surface area contributed by atoms with Crippen molar-refractivity contribution in [2.45, 2.75) is 0 Å². The molecule has 0 saturated heterocycles. The zero-order valence-corrected chi connectivity index (χ0v) is 12.2. The molecule has 10 heavy (non-hydrogen) atoms. The first-order valence-electron chi connectivity index (χ1n) is 2.03. The van der Waals surface area contributed by atoms with E-state index in [1.165, 1.54) is 0 Å². The van der Waals surface area contributed by atoms with Crippen molar-refractivity contribution >= 4 is 0 Å². The van der Waals surface area contributed by atoms with E-state index in [9.17, 15) is 4.79 Å². The number of hydrogen-bond acceptors (Lipinski definition) is 3. The van der Waals surface area contributed by atoms with Gasteiger partial charge < -0.3 is 12.9 Å². The average molecular weight is 192 g/mol. The molecule has 0 bridgehead atoms. The maximum atomic E-state index is 10.2. The van der Waals surface area contributed by atoms with Crippen molar-refractivity contribution in [3.8, 4) is 5.88 Å². The van der Waals surface area contributed by atoms with Crippen LogP contribution in [-0.2, 0) is 0 Å². The second-order valence-corrected chi connectivity index (χ2v) is 1.27. The number of rotatable bonds is 0. The smallest absolute Gasteiger partial charge is 1.00 e. The van der Waals surface area contributed by atoms with E-state index in [-0.39, 0.29) is 117 Å². The number of nitrogens with zero attached hydrogens (tertiary/aromatic N) is 1. The van der Waals surface area contributed by atoms with Crippen LogP contribution in [0.3, 0.4) is 0 Å². The van der Waals surface area contributed by atoms with E-state index in [1.807, 2.05) is 0 Å². The molecule has 0 radical (unpaired) electrons. The fourth-order valence-electron chi connectivity index (χ4n) is 0.358. The summed E-state index contributed by atoms with van der Waals surface area (Å²) in [6, 6.07) is 1.00. The predicted octanol–water partition coefficient (Wildman–Crippen LogP) is -6.29. The van der Waals surface area contributed by atoms with Crippen molar-refractivity contribution in [2.75, 3.05) is 0 Å². The van der Waals surface area contributed by atoms with Crippen LogP contribution in [0.25, 0.3) is 0 Å². The van der Waals surface area contributed by atoms with E-state index in [1.54, 1.807) is 0 Å². The van der Waals surface area contributed by atoms with E-state index in [2.05, 4.69) is 9.97 Å². The fourth-order valence-corrected chi connectivity index (χ4v) is 0.358. The Bertz CT molecular complexity index is 244. The Labute approximate surface area is 146 Å². The zero-order valence-electron chi connectivity index (χ0n) is 7.96. The molecule has 1 aromatic heterocycles. The molecule has 0 aliphatic heterocycles. The largest absolute Gasteiger partial charge is 1.00 e. The Morgan fingerprint density at radius 3 is 2.50 bits per heavy atom. The van der Waals surface area contributed by atoms with Crippen molar-refractivity contribution < 1.29 is 111 Å². The van der Waals surface area contributed by atoms with Crippen LogP contribution >= 0.6 is 0 Å². The van der Waals surface area contributed by atoms with Crippen LogP contribution in [0, 0.1) is 0 Å². The molecule has 0 aliphatic carbocycles. The number of hydrogen-bond donors (Lipinski definition) is 2. The molecule has 0 amide bonds. The summed E-state index contributed by atoms with van der Waals surface area (Å²) in [6.07, 6.45) is 1.14. The summed E-state index contributed by atoms with van der Waals surface area (Å²) in [5, 5.41) is 8.48. The molecule has 0 unspecified atom stereocenters. The van der Waals surface area contributed by atoms with E-state index < -0.39 is 0 Å². The number of aromatic hydroxyl groups is 1. The molecule has 4 nitrogen and oxygen atoms in total. The molecule has 6 heteroatoms. The Morgan fingerprint density at radius 1 is 1.60 bits per heavy atom. The molecular formula is C4H6K2N2O2. The van der Waals surface area contributed by atoms with Crippen molar-refractivity contribution in [1.82, 2.24) is 9.97 Å². The van der Waals surface area contributed by atoms with Gasteiger partial charge in [-0.1, -0.05) is 0 Å². The van der Waals surface area contributed by atoms with Crippen molar-refractivity contribution in [3.63, 3.8) is 0 Å². The van der Waals surface area contributed by atoms with Gasteiger partial charge in [-0.3, -0.25) is 4.79 Å². The van der Waals surface area contributed by atoms with Crippen LogP contribution in [0.15, 0.2) is 17.2 Å². The van der Waals surface area contributed by atoms with Gasteiger partial charge in [-0.15, -0.1) is 0 Å². The molecule has 0 atom stereocenters. The van der Waals surface area contributed by atoms with Crippen LogP contribution in [0.5, 0.6) is 5.88 Å². The Balaban J connectivity index is -0.0000000800. The van der Waals surface area contributed by atoms with Crippen LogP contribution in [0.2, 0.25) is 0 Å². The molecule has 2 N–H and O–H groups in total. The Morgan fingerprint density at radius 2 is 2.20 bits per heavy atom. The molecule has 1 heterocycles. The topological polar surface area (TPSA) is 66.0 Å². The maximum Gasteiger partial charge on any atom is 1.00 e. The van der Waals surface area contributed by atoms with Gasteiger partial charge in [0.05, 0.1) is 12.4 Å². The van der Waals surface area contributed by atoms with Crippen LogP contribution in [-0.4, -0.2) is 15.1 Å². The van der Waals surface area contributed by atoms with Crippen LogP contribution in [0.1, 0.15) is 2.85 Å². The first-order valence-corrected chi connectivity index (χ1v) is 2.03. The van der Waals surface area contributed by atoms with E-state index in [0.29, 0.717) is 0 Å². The summed E-state index contributed by atoms with van der Waals surface area (Å²) >= 11 is 0. The number of nitrogens with one attached hydrogen (secondary N) is 1. The fraction of sp³-hybridized carbons (Fsp3) is 0. The summed E-state index contributed by atoms with van der Waals surface area (Å²) in [6.45, 7) is 0. The summed E-state index contributed by atoms with van der Waals surface area (Å²) in [4.78, 5) is 15.8. The monoisotopic (exact) mass is 192 g/mol. The van der Waals surface area contributed by atoms with Gasteiger partial charge in [-0.2, -0.15) is 0 Å². The van der Waals surface area contributed by atoms with E-state index in [4.69, 9.17) is 5.11 Å². The maximum absolute atomic E-state index is 10.2. The first-order chi connectivity index (χ1) is 3.79. The Kier molecular flexibility index (Phi) is 11.0. The van der Waals surface area contributed by atoms with Gasteiger partial charge in [-0.05, 0) is 0 Å². The molecule has 0 spiro atoms. The third-order valence-electron chi connectivity index (χ3n) is 0.664. The second-order valence-electron chi connectivity index (χ2n) is 1.27. The third-order valence-corrected chi connectivity index (χ3v) is 0.664. The van der Waals surface area contributed by atoms with Crippen LogP contribution < -0.4 is 108 Å². The van der Waals surface area contributed by atoms with Crippen molar-refractivity contribution in [3.05, 3.63) is 22.7 Å². The molecule has 0 aliphatic rings. The minimum Gasteiger partial charge on any atom is -1.00 e. The molecule has 0 aromatic carbocycles. The van der Waals surface area contributed by atoms with E-state index in [0.717, 1.165) is 12.4 Å². The van der Waals surface area contributed by atoms with Crippen molar-refractivity contribution in [2.24, 2.45) is 0 Å². The quantitative estimate of drug-likeness (QED) is 0.402. The standard InChI is InChI=1S/C4H4N2O2.2K.2H/c7-3-1-4(8)6-2-5-3;;;;/h1-2H,(H2,5,6,7,8);;;;/q;2*+1;2*-1. The summed E-state index contributed by atoms with van der Waals surface area (Å²) < 4.78 is 0. The summed E-state index contributed by atoms with van der Waals surface area (Å²) in [7, 11) is 0. The Hall–Kier alpha value is 1.95. The molecule has 0 fully saturated rings. The summed E-state index contributed by atoms with van der Waals surface area (Å²) in [5.74, 6) is -0.256. The number of H-pyrrole nitrogens is 1. The zero-order chi connectivity index (χ0) is 5.98. The minimum absolute atomic E-state index is 0. The minimum atomic E-state index is -0.350. The van der Waals surface area contributed by atoms with Gasteiger partial charge in [0.2, 0.25) is 5.88 Å². The number of aromatic nitrogens is 2. The third kappa shape index (κ3) is 5.58. The van der Waals surface area contributed by atoms with Crippen molar-refractivity contribution in [1.29, 1.82) is 0 Å². The summed E-state index contributed by atoms with van der Waals surface area (Å²) in [5.41, 5.74) is -0.350. The average Bonchev–Trinajstić information content (AvgIpc) is 1.64. The predicted molar refractivity (Wildman–Crippen MR) is 28.7 cm³/mol. The molecule has 1 aromatic rings. The van der Waals surface area contributed by atoms with Gasteiger partial charge in [0.25, 0.3) is 5.56 Å². The van der Waals surface area contributed by atoms with E-state index >= 15 is 0 Å². The SMILES string of the molecule is O=c1cc(O)nc[nH]1.[H-].[H-].[K+].[K+]. The molecule has 46 valence electrons. The normalized spacial score (nSPS) is 7.20.